The Bertz CT molecular complexity index is 341. The minimum absolute atomic E-state index is 0. The molecule has 0 aromatic rings. The van der Waals surface area contributed by atoms with Crippen molar-refractivity contribution in [1.29, 1.82) is 0 Å². The average Bonchev–Trinajstić information content (AvgIpc) is 2.98. The molecule has 0 bridgehead atoms. The second kappa shape index (κ2) is 13.9. The molecule has 3 N–H and O–H groups in total. The Kier molecular flexibility index (Phi) is 13.5. The Balaban J connectivity index is 0.00000484. The van der Waals surface area contributed by atoms with E-state index >= 15 is 0 Å². The zero-order valence-corrected chi connectivity index (χ0v) is 17.3. The number of nitrogens with zero attached hydrogens (tertiary/aromatic N) is 1. The molecular formula is C17H35IN4O. The second-order valence-electron chi connectivity index (χ2n) is 6.67. The van der Waals surface area contributed by atoms with Crippen molar-refractivity contribution in [2.45, 2.75) is 58.8 Å². The number of carbonyl (C=O) groups excluding carboxylic acids is 1. The summed E-state index contributed by atoms with van der Waals surface area (Å²) in [4.78, 5) is 16.0. The molecule has 0 atom stereocenters. The van der Waals surface area contributed by atoms with Gasteiger partial charge in [-0.15, -0.1) is 24.0 Å². The van der Waals surface area contributed by atoms with Crippen molar-refractivity contribution in [3.63, 3.8) is 0 Å². The molecule has 0 spiro atoms. The van der Waals surface area contributed by atoms with Crippen LogP contribution in [0.25, 0.3) is 0 Å². The van der Waals surface area contributed by atoms with Gasteiger partial charge >= 0.3 is 0 Å². The minimum Gasteiger partial charge on any atom is -0.356 e. The van der Waals surface area contributed by atoms with Gasteiger partial charge in [0.25, 0.3) is 0 Å². The van der Waals surface area contributed by atoms with Crippen molar-refractivity contribution in [1.82, 2.24) is 16.0 Å². The fraction of sp³-hybridized carbons (Fsp3) is 0.882. The Morgan fingerprint density at radius 2 is 1.70 bits per heavy atom. The molecule has 0 aromatic heterocycles. The molecule has 1 saturated carbocycles. The third-order valence-corrected chi connectivity index (χ3v) is 4.16. The first-order valence-corrected chi connectivity index (χ1v) is 8.83. The normalized spacial score (nSPS) is 15.4. The molecule has 0 saturated heterocycles. The van der Waals surface area contributed by atoms with Gasteiger partial charge in [-0.05, 0) is 37.5 Å². The van der Waals surface area contributed by atoms with Gasteiger partial charge < -0.3 is 16.0 Å². The first-order chi connectivity index (χ1) is 10.6. The summed E-state index contributed by atoms with van der Waals surface area (Å²) >= 11 is 0. The van der Waals surface area contributed by atoms with Crippen LogP contribution >= 0.6 is 24.0 Å². The zero-order valence-electron chi connectivity index (χ0n) is 15.0. The van der Waals surface area contributed by atoms with Crippen molar-refractivity contribution in [3.8, 4) is 0 Å². The van der Waals surface area contributed by atoms with Gasteiger partial charge in [-0.1, -0.05) is 26.7 Å². The van der Waals surface area contributed by atoms with Crippen molar-refractivity contribution in [3.05, 3.63) is 0 Å². The summed E-state index contributed by atoms with van der Waals surface area (Å²) < 4.78 is 0. The first-order valence-electron chi connectivity index (χ1n) is 8.83. The largest absolute Gasteiger partial charge is 0.356 e. The van der Waals surface area contributed by atoms with Crippen LogP contribution in [0.3, 0.4) is 0 Å². The summed E-state index contributed by atoms with van der Waals surface area (Å²) in [5.41, 5.74) is 0. The SMILES string of the molecule is CN=C(NCCCC(C)C)NCCNC(=O)CC1CCCC1.I. The lowest BCUT2D eigenvalue weighted by Gasteiger charge is -2.13. The highest BCUT2D eigenvalue weighted by molar-refractivity contribution is 14.0. The van der Waals surface area contributed by atoms with Crippen molar-refractivity contribution in [2.24, 2.45) is 16.8 Å². The molecule has 0 aromatic carbocycles. The van der Waals surface area contributed by atoms with Gasteiger partial charge in [0.2, 0.25) is 5.91 Å². The van der Waals surface area contributed by atoms with E-state index in [2.05, 4.69) is 34.8 Å². The van der Waals surface area contributed by atoms with E-state index in [1.807, 2.05) is 0 Å². The van der Waals surface area contributed by atoms with Gasteiger partial charge in [-0.3, -0.25) is 9.79 Å². The molecule has 6 heteroatoms. The molecule has 0 radical (unpaired) electrons. The smallest absolute Gasteiger partial charge is 0.220 e. The van der Waals surface area contributed by atoms with E-state index in [1.54, 1.807) is 7.05 Å². The van der Waals surface area contributed by atoms with Crippen molar-refractivity contribution >= 4 is 35.8 Å². The first kappa shape index (κ1) is 22.5. The Labute approximate surface area is 158 Å². The van der Waals surface area contributed by atoms with E-state index < -0.39 is 0 Å². The summed E-state index contributed by atoms with van der Waals surface area (Å²) in [6.07, 6.45) is 8.09. The van der Waals surface area contributed by atoms with Crippen LogP contribution in [-0.2, 0) is 4.79 Å². The number of guanidine groups is 1. The summed E-state index contributed by atoms with van der Waals surface area (Å²) in [6.45, 7) is 6.77. The van der Waals surface area contributed by atoms with Gasteiger partial charge in [0, 0.05) is 33.1 Å². The highest BCUT2D eigenvalue weighted by atomic mass is 127. The fourth-order valence-electron chi connectivity index (χ4n) is 2.87. The molecule has 1 rings (SSSR count). The van der Waals surface area contributed by atoms with E-state index in [-0.39, 0.29) is 29.9 Å². The molecule has 0 unspecified atom stereocenters. The molecular weight excluding hydrogens is 403 g/mol. The number of hydrogen-bond donors (Lipinski definition) is 3. The van der Waals surface area contributed by atoms with Crippen LogP contribution in [0.1, 0.15) is 58.8 Å². The minimum atomic E-state index is 0. The van der Waals surface area contributed by atoms with Crippen molar-refractivity contribution in [2.75, 3.05) is 26.7 Å². The maximum atomic E-state index is 11.8. The van der Waals surface area contributed by atoms with Gasteiger partial charge in [0.15, 0.2) is 5.96 Å². The molecule has 0 heterocycles. The van der Waals surface area contributed by atoms with E-state index in [1.165, 1.54) is 32.1 Å². The number of nitrogens with one attached hydrogen (secondary N) is 3. The zero-order chi connectivity index (χ0) is 16.2. The third-order valence-electron chi connectivity index (χ3n) is 4.16. The summed E-state index contributed by atoms with van der Waals surface area (Å²) in [5, 5.41) is 9.52. The lowest BCUT2D eigenvalue weighted by Crippen LogP contribution is -2.42. The highest BCUT2D eigenvalue weighted by Crippen LogP contribution is 2.27. The number of carbonyl (C=O) groups is 1. The third kappa shape index (κ3) is 11.6. The van der Waals surface area contributed by atoms with Crippen LogP contribution in [0.4, 0.5) is 0 Å². The van der Waals surface area contributed by atoms with E-state index in [4.69, 9.17) is 0 Å². The molecule has 0 aliphatic heterocycles. The number of aliphatic imine (C=N–C) groups is 1. The lowest BCUT2D eigenvalue weighted by atomic mass is 10.0. The number of rotatable bonds is 9. The second-order valence-corrected chi connectivity index (χ2v) is 6.67. The van der Waals surface area contributed by atoms with Crippen LogP contribution in [0.15, 0.2) is 4.99 Å². The van der Waals surface area contributed by atoms with Crippen LogP contribution in [0, 0.1) is 11.8 Å². The Hall–Kier alpha value is -0.530. The van der Waals surface area contributed by atoms with Crippen LogP contribution in [-0.4, -0.2) is 38.5 Å². The fourth-order valence-corrected chi connectivity index (χ4v) is 2.87. The Morgan fingerprint density at radius 1 is 1.09 bits per heavy atom. The Morgan fingerprint density at radius 3 is 2.30 bits per heavy atom. The topological polar surface area (TPSA) is 65.5 Å². The molecule has 1 fully saturated rings. The predicted octanol–water partition coefficient (Wildman–Crippen LogP) is 2.90. The average molecular weight is 438 g/mol. The summed E-state index contributed by atoms with van der Waals surface area (Å²) in [6, 6.07) is 0. The molecule has 1 aliphatic carbocycles. The van der Waals surface area contributed by atoms with Gasteiger partial charge in [0.05, 0.1) is 0 Å². The molecule has 5 nitrogen and oxygen atoms in total. The monoisotopic (exact) mass is 438 g/mol. The van der Waals surface area contributed by atoms with E-state index in [0.717, 1.165) is 24.8 Å². The lowest BCUT2D eigenvalue weighted by molar-refractivity contribution is -0.121. The number of amides is 1. The predicted molar refractivity (Wildman–Crippen MR) is 108 cm³/mol. The quantitative estimate of drug-likeness (QED) is 0.225. The molecule has 1 aliphatic rings. The van der Waals surface area contributed by atoms with E-state index in [0.29, 0.717) is 25.4 Å². The molecule has 136 valence electrons. The van der Waals surface area contributed by atoms with Gasteiger partial charge in [-0.25, -0.2) is 0 Å². The number of halogens is 1. The maximum absolute atomic E-state index is 11.8. The summed E-state index contributed by atoms with van der Waals surface area (Å²) in [5.74, 6) is 2.36. The van der Waals surface area contributed by atoms with Crippen LogP contribution < -0.4 is 16.0 Å². The molecule has 23 heavy (non-hydrogen) atoms. The summed E-state index contributed by atoms with van der Waals surface area (Å²) in [7, 11) is 1.77. The maximum Gasteiger partial charge on any atom is 0.220 e. The number of hydrogen-bond acceptors (Lipinski definition) is 2. The standard InChI is InChI=1S/C17H34N4O.HI/c1-14(2)7-6-10-20-17(18-3)21-12-11-19-16(22)13-15-8-4-5-9-15;/h14-15H,4-13H2,1-3H3,(H,19,22)(H2,18,20,21);1H. The molecule has 1 amide bonds. The van der Waals surface area contributed by atoms with Gasteiger partial charge in [-0.2, -0.15) is 0 Å². The van der Waals surface area contributed by atoms with Crippen molar-refractivity contribution < 1.29 is 4.79 Å². The van der Waals surface area contributed by atoms with Gasteiger partial charge in [0.1, 0.15) is 0 Å². The van der Waals surface area contributed by atoms with E-state index in [9.17, 15) is 4.79 Å². The highest BCUT2D eigenvalue weighted by Gasteiger charge is 2.17. The van der Waals surface area contributed by atoms with Crippen LogP contribution in [0.5, 0.6) is 0 Å². The van der Waals surface area contributed by atoms with Crippen LogP contribution in [0.2, 0.25) is 0 Å².